The molecule has 2 aliphatic rings. The van der Waals surface area contributed by atoms with Crippen LogP contribution in [0, 0.1) is 0 Å². The number of hydrogen-bond donors (Lipinski definition) is 1. The number of methoxy groups -OCH3 is 1. The summed E-state index contributed by atoms with van der Waals surface area (Å²) in [5.74, 6) is -0.186. The lowest BCUT2D eigenvalue weighted by Gasteiger charge is -2.34. The van der Waals surface area contributed by atoms with E-state index in [1.165, 1.54) is 34.5 Å². The summed E-state index contributed by atoms with van der Waals surface area (Å²) < 4.78 is 39.4. The SMILES string of the molecule is COc1ccc(C(=O)N2CC(C(=O)NCCc3ccccc3)Oc3ccccc32)cc1S(=O)(=O)N1CCCC1. The molecule has 1 unspecified atom stereocenters. The first-order valence-corrected chi connectivity index (χ1v) is 14.4. The molecule has 1 atom stereocenters. The van der Waals surface area contributed by atoms with E-state index in [1.807, 2.05) is 30.3 Å². The van der Waals surface area contributed by atoms with Crippen molar-refractivity contribution in [2.75, 3.05) is 38.2 Å². The summed E-state index contributed by atoms with van der Waals surface area (Å²) in [6.45, 7) is 1.27. The normalized spacial score (nSPS) is 17.3. The van der Waals surface area contributed by atoms with Gasteiger partial charge in [0.1, 0.15) is 16.4 Å². The molecule has 1 saturated heterocycles. The summed E-state index contributed by atoms with van der Waals surface area (Å²) >= 11 is 0. The zero-order valence-electron chi connectivity index (χ0n) is 21.7. The Labute approximate surface area is 228 Å². The number of nitrogens with one attached hydrogen (secondary N) is 1. The van der Waals surface area contributed by atoms with Gasteiger partial charge >= 0.3 is 0 Å². The van der Waals surface area contributed by atoms with E-state index < -0.39 is 22.0 Å². The lowest BCUT2D eigenvalue weighted by Crippen LogP contribution is -2.51. The molecule has 10 heteroatoms. The molecule has 0 aliphatic carbocycles. The van der Waals surface area contributed by atoms with Crippen LogP contribution in [0.25, 0.3) is 0 Å². The second kappa shape index (κ2) is 11.5. The monoisotopic (exact) mass is 549 g/mol. The molecule has 3 aromatic rings. The van der Waals surface area contributed by atoms with Gasteiger partial charge in [0.15, 0.2) is 6.10 Å². The number of carbonyl (C=O) groups is 2. The second-order valence-corrected chi connectivity index (χ2v) is 11.4. The molecule has 2 aliphatic heterocycles. The fourth-order valence-electron chi connectivity index (χ4n) is 4.89. The summed E-state index contributed by atoms with van der Waals surface area (Å²) in [7, 11) is -2.44. The number of nitrogens with zero attached hydrogens (tertiary/aromatic N) is 2. The van der Waals surface area contributed by atoms with Gasteiger partial charge in [-0.25, -0.2) is 8.42 Å². The van der Waals surface area contributed by atoms with Gasteiger partial charge in [-0.3, -0.25) is 9.59 Å². The van der Waals surface area contributed by atoms with Crippen molar-refractivity contribution in [2.45, 2.75) is 30.3 Å². The zero-order chi connectivity index (χ0) is 27.4. The lowest BCUT2D eigenvalue weighted by molar-refractivity contribution is -0.127. The van der Waals surface area contributed by atoms with Crippen molar-refractivity contribution in [2.24, 2.45) is 0 Å². The molecule has 39 heavy (non-hydrogen) atoms. The molecule has 1 fully saturated rings. The van der Waals surface area contributed by atoms with Crippen LogP contribution in [-0.4, -0.2) is 63.9 Å². The van der Waals surface area contributed by atoms with Crippen molar-refractivity contribution in [1.82, 2.24) is 9.62 Å². The van der Waals surface area contributed by atoms with Gasteiger partial charge in [0.05, 0.1) is 19.3 Å². The van der Waals surface area contributed by atoms with Gasteiger partial charge in [-0.15, -0.1) is 0 Å². The number of rotatable bonds is 8. The quantitative estimate of drug-likeness (QED) is 0.463. The van der Waals surface area contributed by atoms with E-state index in [4.69, 9.17) is 9.47 Å². The van der Waals surface area contributed by atoms with E-state index >= 15 is 0 Å². The average Bonchev–Trinajstić information content (AvgIpc) is 3.53. The first kappa shape index (κ1) is 26.7. The van der Waals surface area contributed by atoms with Crippen LogP contribution in [0.3, 0.4) is 0 Å². The van der Waals surface area contributed by atoms with Crippen molar-refractivity contribution in [3.05, 3.63) is 83.9 Å². The number of ether oxygens (including phenoxy) is 2. The predicted octanol–water partition coefficient (Wildman–Crippen LogP) is 3.25. The van der Waals surface area contributed by atoms with Crippen molar-refractivity contribution >= 4 is 27.5 Å². The Morgan fingerprint density at radius 3 is 2.46 bits per heavy atom. The summed E-state index contributed by atoms with van der Waals surface area (Å²) in [4.78, 5) is 28.3. The summed E-state index contributed by atoms with van der Waals surface area (Å²) in [6, 6.07) is 21.2. The average molecular weight is 550 g/mol. The van der Waals surface area contributed by atoms with Crippen LogP contribution in [-0.2, 0) is 21.2 Å². The largest absolute Gasteiger partial charge is 0.495 e. The molecule has 5 rings (SSSR count). The molecule has 204 valence electrons. The highest BCUT2D eigenvalue weighted by atomic mass is 32.2. The van der Waals surface area contributed by atoms with E-state index in [2.05, 4.69) is 5.32 Å². The lowest BCUT2D eigenvalue weighted by atomic mass is 10.1. The fourth-order valence-corrected chi connectivity index (χ4v) is 6.59. The number of anilines is 1. The molecule has 1 N–H and O–H groups in total. The number of hydrogen-bond acceptors (Lipinski definition) is 6. The minimum Gasteiger partial charge on any atom is -0.495 e. The number of benzene rings is 3. The highest BCUT2D eigenvalue weighted by Gasteiger charge is 2.36. The van der Waals surface area contributed by atoms with E-state index in [-0.39, 0.29) is 28.7 Å². The highest BCUT2D eigenvalue weighted by Crippen LogP contribution is 2.35. The Morgan fingerprint density at radius 1 is 1.00 bits per heavy atom. The minimum atomic E-state index is -3.84. The minimum absolute atomic E-state index is 0.0206. The molecule has 2 heterocycles. The van der Waals surface area contributed by atoms with Gasteiger partial charge in [-0.05, 0) is 55.2 Å². The van der Waals surface area contributed by atoms with E-state index in [0.29, 0.717) is 37.5 Å². The maximum absolute atomic E-state index is 13.8. The maximum atomic E-state index is 13.8. The standard InChI is InChI=1S/C29H31N3O6S/c1-37-25-14-13-22(19-27(25)39(35,36)31-17-7-8-18-31)29(34)32-20-26(38-24-12-6-5-11-23(24)32)28(33)30-16-15-21-9-3-2-4-10-21/h2-6,9-14,19,26H,7-8,15-18,20H2,1H3,(H,30,33). The first-order valence-electron chi connectivity index (χ1n) is 13.0. The Balaban J connectivity index is 1.38. The summed E-state index contributed by atoms with van der Waals surface area (Å²) in [5.41, 5.74) is 1.79. The Hall–Kier alpha value is -3.89. The van der Waals surface area contributed by atoms with Crippen LogP contribution in [0.1, 0.15) is 28.8 Å². The van der Waals surface area contributed by atoms with Gasteiger partial charge in [0.25, 0.3) is 11.8 Å². The van der Waals surface area contributed by atoms with Gasteiger partial charge in [0.2, 0.25) is 10.0 Å². The molecule has 9 nitrogen and oxygen atoms in total. The van der Waals surface area contributed by atoms with Crippen molar-refractivity contribution in [1.29, 1.82) is 0 Å². The Kier molecular flexibility index (Phi) is 7.85. The zero-order valence-corrected chi connectivity index (χ0v) is 22.5. The molecule has 0 radical (unpaired) electrons. The van der Waals surface area contributed by atoms with E-state index in [9.17, 15) is 18.0 Å². The highest BCUT2D eigenvalue weighted by molar-refractivity contribution is 7.89. The third kappa shape index (κ3) is 5.62. The van der Waals surface area contributed by atoms with Crippen molar-refractivity contribution < 1.29 is 27.5 Å². The van der Waals surface area contributed by atoms with Crippen LogP contribution in [0.4, 0.5) is 5.69 Å². The number of para-hydroxylation sites is 2. The van der Waals surface area contributed by atoms with Gasteiger partial charge in [0, 0.05) is 25.2 Å². The molecule has 0 bridgehead atoms. The third-order valence-corrected chi connectivity index (χ3v) is 8.88. The summed E-state index contributed by atoms with van der Waals surface area (Å²) in [6.07, 6.45) is 1.32. The number of sulfonamides is 1. The van der Waals surface area contributed by atoms with E-state index in [1.54, 1.807) is 24.3 Å². The van der Waals surface area contributed by atoms with Crippen LogP contribution in [0.5, 0.6) is 11.5 Å². The van der Waals surface area contributed by atoms with Crippen LogP contribution >= 0.6 is 0 Å². The van der Waals surface area contributed by atoms with Crippen LogP contribution in [0.15, 0.2) is 77.7 Å². The molecule has 3 aromatic carbocycles. The Morgan fingerprint density at radius 2 is 1.72 bits per heavy atom. The van der Waals surface area contributed by atoms with Crippen LogP contribution < -0.4 is 19.7 Å². The second-order valence-electron chi connectivity index (χ2n) is 9.49. The van der Waals surface area contributed by atoms with Crippen LogP contribution in [0.2, 0.25) is 0 Å². The smallest absolute Gasteiger partial charge is 0.262 e. The van der Waals surface area contributed by atoms with Gasteiger partial charge < -0.3 is 19.7 Å². The van der Waals surface area contributed by atoms with Gasteiger partial charge in [-0.2, -0.15) is 4.31 Å². The van der Waals surface area contributed by atoms with Gasteiger partial charge in [-0.1, -0.05) is 42.5 Å². The number of amides is 2. The molecule has 0 saturated carbocycles. The molecular weight excluding hydrogens is 518 g/mol. The number of fused-ring (bicyclic) bond motifs is 1. The molecule has 0 spiro atoms. The van der Waals surface area contributed by atoms with E-state index in [0.717, 1.165) is 18.4 Å². The first-order chi connectivity index (χ1) is 18.9. The predicted molar refractivity (Wildman–Crippen MR) is 147 cm³/mol. The van der Waals surface area contributed by atoms with Crippen molar-refractivity contribution in [3.8, 4) is 11.5 Å². The fraction of sp³-hybridized carbons (Fsp3) is 0.310. The number of carbonyl (C=O) groups excluding carboxylic acids is 2. The summed E-state index contributed by atoms with van der Waals surface area (Å²) in [5, 5.41) is 2.90. The third-order valence-electron chi connectivity index (χ3n) is 6.96. The topological polar surface area (TPSA) is 105 Å². The maximum Gasteiger partial charge on any atom is 0.262 e. The van der Waals surface area contributed by atoms with Crippen molar-refractivity contribution in [3.63, 3.8) is 0 Å². The molecular formula is C29H31N3O6S. The Bertz CT molecular complexity index is 1450. The molecule has 2 amide bonds. The molecule has 0 aromatic heterocycles.